The fourth-order valence-corrected chi connectivity index (χ4v) is 3.06. The highest BCUT2D eigenvalue weighted by Crippen LogP contribution is 2.29. The summed E-state index contributed by atoms with van der Waals surface area (Å²) in [6.45, 7) is 0. The molecule has 0 saturated heterocycles. The van der Waals surface area contributed by atoms with Crippen LogP contribution in [-0.4, -0.2) is 40.2 Å². The van der Waals surface area contributed by atoms with E-state index in [4.69, 9.17) is 23.7 Å². The Morgan fingerprint density at radius 2 is 1.36 bits per heavy atom. The number of ketones is 1. The topological polar surface area (TPSA) is 80.3 Å². The van der Waals surface area contributed by atoms with Crippen LogP contribution < -0.4 is 23.7 Å². The van der Waals surface area contributed by atoms with Crippen molar-refractivity contribution in [1.82, 2.24) is 0 Å². The molecule has 3 rings (SSSR count). The highest BCUT2D eigenvalue weighted by atomic mass is 16.5. The van der Waals surface area contributed by atoms with Crippen LogP contribution in [0.15, 0.2) is 66.7 Å². The lowest BCUT2D eigenvalue weighted by molar-refractivity contribution is 0.0732. The number of carbonyl (C=O) groups excluding carboxylic acids is 2. The average Bonchev–Trinajstić information content (AvgIpc) is 2.86. The van der Waals surface area contributed by atoms with E-state index in [0.717, 1.165) is 5.56 Å². The molecule has 0 aromatic heterocycles. The van der Waals surface area contributed by atoms with Crippen LogP contribution in [-0.2, 0) is 0 Å². The number of rotatable bonds is 9. The average molecular weight is 448 g/mol. The Labute approximate surface area is 192 Å². The second kappa shape index (κ2) is 10.9. The Morgan fingerprint density at radius 1 is 0.697 bits per heavy atom. The van der Waals surface area contributed by atoms with Crippen molar-refractivity contribution in [3.63, 3.8) is 0 Å². The van der Waals surface area contributed by atoms with Gasteiger partial charge in [0.2, 0.25) is 0 Å². The van der Waals surface area contributed by atoms with Crippen LogP contribution in [0.4, 0.5) is 0 Å². The van der Waals surface area contributed by atoms with Crippen LogP contribution >= 0.6 is 0 Å². The summed E-state index contributed by atoms with van der Waals surface area (Å²) in [5.41, 5.74) is 1.23. The Hall–Kier alpha value is -4.26. The van der Waals surface area contributed by atoms with Gasteiger partial charge in [0.1, 0.15) is 17.2 Å². The SMILES string of the molecule is COc1cc(OC)cc(C(=O)Oc2ccccc2C(=O)/C=C/c2ccc(OC)c(OC)c2)c1. The van der Waals surface area contributed by atoms with Crippen LogP contribution in [0.3, 0.4) is 0 Å². The fraction of sp³-hybridized carbons (Fsp3) is 0.154. The molecule has 0 aliphatic heterocycles. The van der Waals surface area contributed by atoms with Gasteiger partial charge in [-0.15, -0.1) is 0 Å². The summed E-state index contributed by atoms with van der Waals surface area (Å²) in [5.74, 6) is 1.22. The summed E-state index contributed by atoms with van der Waals surface area (Å²) in [6.07, 6.45) is 3.05. The van der Waals surface area contributed by atoms with Gasteiger partial charge in [-0.05, 0) is 48.0 Å². The molecule has 7 nitrogen and oxygen atoms in total. The van der Waals surface area contributed by atoms with Crippen LogP contribution in [0.2, 0.25) is 0 Å². The van der Waals surface area contributed by atoms with E-state index in [1.807, 2.05) is 0 Å². The maximum absolute atomic E-state index is 12.9. The Kier molecular flexibility index (Phi) is 7.70. The quantitative estimate of drug-likeness (QED) is 0.201. The van der Waals surface area contributed by atoms with Gasteiger partial charge in [0.25, 0.3) is 0 Å². The number of benzene rings is 3. The minimum Gasteiger partial charge on any atom is -0.497 e. The molecule has 0 bridgehead atoms. The number of methoxy groups -OCH3 is 4. The van der Waals surface area contributed by atoms with E-state index >= 15 is 0 Å². The summed E-state index contributed by atoms with van der Waals surface area (Å²) in [7, 11) is 6.07. The minimum absolute atomic E-state index is 0.145. The number of hydrogen-bond acceptors (Lipinski definition) is 7. The summed E-state index contributed by atoms with van der Waals surface area (Å²) >= 11 is 0. The lowest BCUT2D eigenvalue weighted by atomic mass is 10.1. The molecule has 170 valence electrons. The van der Waals surface area contributed by atoms with E-state index < -0.39 is 5.97 Å². The van der Waals surface area contributed by atoms with E-state index in [2.05, 4.69) is 0 Å². The van der Waals surface area contributed by atoms with Crippen LogP contribution in [0, 0.1) is 0 Å². The molecule has 0 aliphatic rings. The first-order valence-electron chi connectivity index (χ1n) is 9.97. The van der Waals surface area contributed by atoms with Crippen molar-refractivity contribution in [3.05, 3.63) is 83.4 Å². The van der Waals surface area contributed by atoms with Crippen molar-refractivity contribution < 1.29 is 33.3 Å². The highest BCUT2D eigenvalue weighted by molar-refractivity contribution is 6.09. The summed E-state index contributed by atoms with van der Waals surface area (Å²) in [5, 5.41) is 0. The molecule has 0 N–H and O–H groups in total. The molecule has 0 fully saturated rings. The Balaban J connectivity index is 1.82. The van der Waals surface area contributed by atoms with Gasteiger partial charge in [-0.2, -0.15) is 0 Å². The third-order valence-corrected chi connectivity index (χ3v) is 4.78. The normalized spacial score (nSPS) is 10.5. The van der Waals surface area contributed by atoms with Crippen molar-refractivity contribution in [2.24, 2.45) is 0 Å². The first kappa shape index (κ1) is 23.4. The van der Waals surface area contributed by atoms with Gasteiger partial charge in [0, 0.05) is 6.07 Å². The number of carbonyl (C=O) groups is 2. The third kappa shape index (κ3) is 5.71. The summed E-state index contributed by atoms with van der Waals surface area (Å²) in [4.78, 5) is 25.6. The first-order valence-corrected chi connectivity index (χ1v) is 9.97. The van der Waals surface area contributed by atoms with Gasteiger partial charge in [-0.25, -0.2) is 4.79 Å². The van der Waals surface area contributed by atoms with Gasteiger partial charge >= 0.3 is 5.97 Å². The second-order valence-corrected chi connectivity index (χ2v) is 6.80. The zero-order chi connectivity index (χ0) is 23.8. The number of esters is 1. The summed E-state index contributed by atoms with van der Waals surface area (Å²) in [6, 6.07) is 16.6. The Morgan fingerprint density at radius 3 is 2.00 bits per heavy atom. The molecule has 0 heterocycles. The van der Waals surface area contributed by atoms with Crippen molar-refractivity contribution >= 4 is 17.8 Å². The third-order valence-electron chi connectivity index (χ3n) is 4.78. The molecule has 3 aromatic rings. The molecule has 0 amide bonds. The van der Waals surface area contributed by atoms with Crippen molar-refractivity contribution in [2.75, 3.05) is 28.4 Å². The smallest absolute Gasteiger partial charge is 0.343 e. The fourth-order valence-electron chi connectivity index (χ4n) is 3.06. The zero-order valence-electron chi connectivity index (χ0n) is 18.8. The molecule has 7 heteroatoms. The van der Waals surface area contributed by atoms with Gasteiger partial charge < -0.3 is 23.7 Å². The molecule has 0 spiro atoms. The van der Waals surface area contributed by atoms with Crippen LogP contribution in [0.5, 0.6) is 28.7 Å². The molecule has 0 radical (unpaired) electrons. The van der Waals surface area contributed by atoms with Crippen molar-refractivity contribution in [2.45, 2.75) is 0 Å². The van der Waals surface area contributed by atoms with E-state index in [1.165, 1.54) is 32.4 Å². The number of allylic oxidation sites excluding steroid dienone is 1. The van der Waals surface area contributed by atoms with E-state index in [0.29, 0.717) is 23.0 Å². The molecule has 33 heavy (non-hydrogen) atoms. The predicted octanol–water partition coefficient (Wildman–Crippen LogP) is 4.84. The number of para-hydroxylation sites is 1. The van der Waals surface area contributed by atoms with Crippen molar-refractivity contribution in [3.8, 4) is 28.7 Å². The molecule has 0 atom stereocenters. The minimum atomic E-state index is -0.642. The maximum Gasteiger partial charge on any atom is 0.343 e. The second-order valence-electron chi connectivity index (χ2n) is 6.80. The summed E-state index contributed by atoms with van der Waals surface area (Å²) < 4.78 is 26.4. The van der Waals surface area contributed by atoms with Crippen LogP contribution in [0.1, 0.15) is 26.3 Å². The monoisotopic (exact) mass is 448 g/mol. The number of hydrogen-bond donors (Lipinski definition) is 0. The number of ether oxygens (including phenoxy) is 5. The maximum atomic E-state index is 12.9. The highest BCUT2D eigenvalue weighted by Gasteiger charge is 2.16. The lowest BCUT2D eigenvalue weighted by Gasteiger charge is -2.10. The van der Waals surface area contributed by atoms with Gasteiger partial charge in [0.15, 0.2) is 17.3 Å². The molecular formula is C26H24O7. The van der Waals surface area contributed by atoms with E-state index in [1.54, 1.807) is 68.8 Å². The largest absolute Gasteiger partial charge is 0.497 e. The lowest BCUT2D eigenvalue weighted by Crippen LogP contribution is -2.11. The molecule has 0 unspecified atom stereocenters. The van der Waals surface area contributed by atoms with Crippen LogP contribution in [0.25, 0.3) is 6.08 Å². The van der Waals surface area contributed by atoms with Crippen molar-refractivity contribution in [1.29, 1.82) is 0 Å². The molecule has 0 saturated carbocycles. The molecular weight excluding hydrogens is 424 g/mol. The zero-order valence-corrected chi connectivity index (χ0v) is 18.8. The standard InChI is InChI=1S/C26H24O7/c1-29-19-14-18(15-20(16-19)30-2)26(28)33-23-8-6-5-7-21(23)22(27)11-9-17-10-12-24(31-3)25(13-17)32-4/h5-16H,1-4H3/b11-9+. The van der Waals surface area contributed by atoms with E-state index in [9.17, 15) is 9.59 Å². The Bertz CT molecular complexity index is 1160. The van der Waals surface area contributed by atoms with Gasteiger partial charge in [-0.1, -0.05) is 24.3 Å². The molecule has 0 aliphatic carbocycles. The van der Waals surface area contributed by atoms with E-state index in [-0.39, 0.29) is 22.7 Å². The molecule has 3 aromatic carbocycles. The van der Waals surface area contributed by atoms with Gasteiger partial charge in [0.05, 0.1) is 39.6 Å². The first-order chi connectivity index (χ1) is 16.0. The van der Waals surface area contributed by atoms with Gasteiger partial charge in [-0.3, -0.25) is 4.79 Å². The predicted molar refractivity (Wildman–Crippen MR) is 124 cm³/mol.